The predicted molar refractivity (Wildman–Crippen MR) is 246 cm³/mol. The van der Waals surface area contributed by atoms with E-state index in [1.54, 1.807) is 23.9 Å². The van der Waals surface area contributed by atoms with Crippen LogP contribution in [0.15, 0.2) is 136 Å². The number of benzene rings is 5. The molecule has 0 aromatic heterocycles. The number of carboxylic acid groups (broad SMARTS) is 1. The fourth-order valence-electron chi connectivity index (χ4n) is 6.68. The highest BCUT2D eigenvalue weighted by atomic mass is 35.5. The topological polar surface area (TPSA) is 156 Å². The lowest BCUT2D eigenvalue weighted by Crippen LogP contribution is -2.46. The number of sulfone groups is 1. The van der Waals surface area contributed by atoms with Crippen LogP contribution in [-0.2, 0) is 31.2 Å². The van der Waals surface area contributed by atoms with Crippen molar-refractivity contribution in [3.05, 3.63) is 137 Å². The average molecular weight is 961 g/mol. The van der Waals surface area contributed by atoms with Crippen LogP contribution in [0.5, 0.6) is 0 Å². The van der Waals surface area contributed by atoms with Crippen molar-refractivity contribution in [2.24, 2.45) is 0 Å². The standard InChI is InChI=1S/C43H48ClN5O5S3.C2HF3O2/c1-47(2)24-23-36(31-55-38-10-5-4-6-11-38)45-41-22-21-39(29-42(41)56(3,51)52)57(53,54)46-43(50)33-15-19-37(20-16-33)49-27-25-48(26-28-49)30-34-9-7-8-12-40(34)32-13-17-35(44)18-14-32;3-2(4,5)1(6)7/h4-22,29,36,45H,23-28,30-31H2,1-3H3,(H,46,50);(H,6,7)/t36-;/m1./s1. The molecule has 1 fully saturated rings. The lowest BCUT2D eigenvalue weighted by atomic mass is 9.99. The molecule has 1 atom stereocenters. The van der Waals surface area contributed by atoms with Gasteiger partial charge in [0.05, 0.1) is 15.5 Å². The second-order valence-electron chi connectivity index (χ2n) is 15.2. The lowest BCUT2D eigenvalue weighted by molar-refractivity contribution is -0.192. The number of hydrogen-bond donors (Lipinski definition) is 3. The van der Waals surface area contributed by atoms with E-state index < -0.39 is 37.9 Å². The van der Waals surface area contributed by atoms with Crippen molar-refractivity contribution >= 4 is 66.5 Å². The summed E-state index contributed by atoms with van der Waals surface area (Å²) in [6.45, 7) is 4.86. The number of nitrogens with zero attached hydrogens (tertiary/aromatic N) is 3. The van der Waals surface area contributed by atoms with Crippen LogP contribution in [0.2, 0.25) is 5.02 Å². The van der Waals surface area contributed by atoms with Crippen LogP contribution in [0.4, 0.5) is 24.5 Å². The number of halogens is 4. The molecule has 0 saturated carbocycles. The second-order valence-corrected chi connectivity index (χ2v) is 20.4. The summed E-state index contributed by atoms with van der Waals surface area (Å²) in [7, 11) is -4.33. The van der Waals surface area contributed by atoms with E-state index in [0.717, 1.165) is 74.2 Å². The number of carbonyl (C=O) groups is 2. The first-order valence-corrected chi connectivity index (χ1v) is 24.6. The molecule has 3 N–H and O–H groups in total. The van der Waals surface area contributed by atoms with Gasteiger partial charge in [0.15, 0.2) is 9.84 Å². The second kappa shape index (κ2) is 22.2. The van der Waals surface area contributed by atoms with Gasteiger partial charge in [0.25, 0.3) is 15.9 Å². The largest absolute Gasteiger partial charge is 0.490 e. The third-order valence-electron chi connectivity index (χ3n) is 10.0. The monoisotopic (exact) mass is 959 g/mol. The van der Waals surface area contributed by atoms with Crippen LogP contribution in [0.25, 0.3) is 11.1 Å². The average Bonchev–Trinajstić information content (AvgIpc) is 3.25. The Morgan fingerprint density at radius 1 is 0.844 bits per heavy atom. The molecule has 64 heavy (non-hydrogen) atoms. The molecule has 0 radical (unpaired) electrons. The van der Waals surface area contributed by atoms with E-state index in [4.69, 9.17) is 21.5 Å². The number of aliphatic carboxylic acids is 1. The van der Waals surface area contributed by atoms with Gasteiger partial charge in [0.1, 0.15) is 0 Å². The van der Waals surface area contributed by atoms with Gasteiger partial charge in [0.2, 0.25) is 0 Å². The minimum absolute atomic E-state index is 0.115. The molecule has 0 unspecified atom stereocenters. The van der Waals surface area contributed by atoms with Crippen LogP contribution in [0.1, 0.15) is 22.3 Å². The molecule has 0 aliphatic carbocycles. The Morgan fingerprint density at radius 2 is 1.45 bits per heavy atom. The summed E-state index contributed by atoms with van der Waals surface area (Å²) < 4.78 is 86.8. The molecule has 1 amide bonds. The Bertz CT molecular complexity index is 2580. The minimum atomic E-state index is -5.08. The number of rotatable bonds is 16. The van der Waals surface area contributed by atoms with Crippen molar-refractivity contribution in [3.8, 4) is 11.1 Å². The quantitative estimate of drug-likeness (QED) is 0.0821. The van der Waals surface area contributed by atoms with Crippen molar-refractivity contribution in [1.29, 1.82) is 0 Å². The molecule has 5 aromatic carbocycles. The van der Waals surface area contributed by atoms with Crippen LogP contribution in [0, 0.1) is 0 Å². The predicted octanol–water partition coefficient (Wildman–Crippen LogP) is 8.01. The minimum Gasteiger partial charge on any atom is -0.475 e. The van der Waals surface area contributed by atoms with Gasteiger partial charge < -0.3 is 20.2 Å². The molecule has 1 saturated heterocycles. The highest BCUT2D eigenvalue weighted by Gasteiger charge is 2.38. The summed E-state index contributed by atoms with van der Waals surface area (Å²) in [5, 5.41) is 11.2. The number of amides is 1. The number of carboxylic acids is 1. The number of sulfonamides is 1. The van der Waals surface area contributed by atoms with Crippen LogP contribution < -0.4 is 14.9 Å². The zero-order chi connectivity index (χ0) is 46.7. The number of hydrogen-bond acceptors (Lipinski definition) is 11. The van der Waals surface area contributed by atoms with E-state index in [1.165, 1.54) is 23.3 Å². The summed E-state index contributed by atoms with van der Waals surface area (Å²) in [6.07, 6.45) is -3.32. The van der Waals surface area contributed by atoms with E-state index in [2.05, 4.69) is 42.9 Å². The number of thioether (sulfide) groups is 1. The van der Waals surface area contributed by atoms with Crippen LogP contribution in [-0.4, -0.2) is 115 Å². The number of piperazine rings is 1. The summed E-state index contributed by atoms with van der Waals surface area (Å²) >= 11 is 7.77. The van der Waals surface area contributed by atoms with E-state index in [1.807, 2.05) is 86.9 Å². The molecular weight excluding hydrogens is 911 g/mol. The van der Waals surface area contributed by atoms with E-state index >= 15 is 0 Å². The molecular formula is C45H49ClF3N5O7S3. The summed E-state index contributed by atoms with van der Waals surface area (Å²) in [6, 6.07) is 36.8. The first-order valence-electron chi connectivity index (χ1n) is 19.9. The van der Waals surface area contributed by atoms with Gasteiger partial charge >= 0.3 is 12.1 Å². The van der Waals surface area contributed by atoms with Crippen LogP contribution >= 0.6 is 23.4 Å². The Morgan fingerprint density at radius 3 is 2.05 bits per heavy atom. The van der Waals surface area contributed by atoms with E-state index in [9.17, 15) is 34.8 Å². The smallest absolute Gasteiger partial charge is 0.475 e. The molecule has 0 spiro atoms. The van der Waals surface area contributed by atoms with Crippen molar-refractivity contribution in [3.63, 3.8) is 0 Å². The summed E-state index contributed by atoms with van der Waals surface area (Å²) in [4.78, 5) is 29.5. The van der Waals surface area contributed by atoms with Gasteiger partial charge in [-0.2, -0.15) is 13.2 Å². The van der Waals surface area contributed by atoms with Gasteiger partial charge in [-0.05, 0) is 110 Å². The van der Waals surface area contributed by atoms with Gasteiger partial charge in [-0.1, -0.05) is 66.2 Å². The number of alkyl halides is 3. The fraction of sp³-hybridized carbons (Fsp3) is 0.289. The maximum absolute atomic E-state index is 13.5. The normalized spacial score (nSPS) is 14.0. The molecule has 6 rings (SSSR count). The molecule has 1 heterocycles. The Labute approximate surface area is 381 Å². The molecule has 342 valence electrons. The third kappa shape index (κ3) is 14.7. The van der Waals surface area contributed by atoms with Crippen molar-refractivity contribution in [1.82, 2.24) is 14.5 Å². The van der Waals surface area contributed by atoms with Gasteiger partial charge in [-0.25, -0.2) is 26.4 Å². The summed E-state index contributed by atoms with van der Waals surface area (Å²) in [5.74, 6) is -2.91. The molecule has 19 heteroatoms. The number of nitrogens with one attached hydrogen (secondary N) is 2. The molecule has 1 aliphatic heterocycles. The molecule has 12 nitrogen and oxygen atoms in total. The van der Waals surface area contributed by atoms with Gasteiger partial charge in [-0.15, -0.1) is 11.8 Å². The molecule has 0 bridgehead atoms. The van der Waals surface area contributed by atoms with Crippen molar-refractivity contribution < 1.29 is 44.7 Å². The first kappa shape index (κ1) is 49.9. The Hall–Kier alpha value is -5.11. The lowest BCUT2D eigenvalue weighted by Gasteiger charge is -2.36. The van der Waals surface area contributed by atoms with E-state index in [0.29, 0.717) is 16.5 Å². The maximum atomic E-state index is 13.5. The van der Waals surface area contributed by atoms with Crippen LogP contribution in [0.3, 0.4) is 0 Å². The van der Waals surface area contributed by atoms with Gasteiger partial charge in [-0.3, -0.25) is 9.69 Å². The number of carbonyl (C=O) groups excluding carboxylic acids is 1. The van der Waals surface area contributed by atoms with E-state index in [-0.39, 0.29) is 21.4 Å². The third-order valence-corrected chi connectivity index (χ3v) is 13.9. The van der Waals surface area contributed by atoms with Gasteiger partial charge in [0, 0.05) is 71.9 Å². The first-order chi connectivity index (χ1) is 30.2. The zero-order valence-electron chi connectivity index (χ0n) is 35.3. The van der Waals surface area contributed by atoms with Crippen molar-refractivity contribution in [2.45, 2.75) is 39.9 Å². The number of anilines is 2. The highest BCUT2D eigenvalue weighted by Crippen LogP contribution is 2.30. The maximum Gasteiger partial charge on any atom is 0.490 e. The molecule has 1 aliphatic rings. The highest BCUT2D eigenvalue weighted by molar-refractivity contribution is 7.99. The molecule has 5 aromatic rings. The zero-order valence-corrected chi connectivity index (χ0v) is 38.5. The Kier molecular flexibility index (Phi) is 17.3. The summed E-state index contributed by atoms with van der Waals surface area (Å²) in [5.41, 5.74) is 4.97. The fourth-order valence-corrected chi connectivity index (χ4v) is 9.74. The SMILES string of the molecule is CN(C)CC[C@H](CSc1ccccc1)Nc1ccc(S(=O)(=O)NC(=O)c2ccc(N3CCN(Cc4ccccc4-c4ccc(Cl)cc4)CC3)cc2)cc1S(C)(=O)=O.O=C(O)C(F)(F)F. The Balaban J connectivity index is 0.00000102. The van der Waals surface area contributed by atoms with Crippen molar-refractivity contribution in [2.75, 3.05) is 69.0 Å².